The number of hydrogen-bond donors (Lipinski definition) is 1. The van der Waals surface area contributed by atoms with Gasteiger partial charge < -0.3 is 23.9 Å². The maximum Gasteiger partial charge on any atom is 0.337 e. The van der Waals surface area contributed by atoms with Gasteiger partial charge in [0.25, 0.3) is 0 Å². The number of anilines is 1. The number of carbonyl (C=O) groups is 2. The van der Waals surface area contributed by atoms with Gasteiger partial charge in [-0.05, 0) is 54.1 Å². The van der Waals surface area contributed by atoms with E-state index in [1.807, 2.05) is 6.07 Å². The minimum atomic E-state index is -0.455. The predicted molar refractivity (Wildman–Crippen MR) is 128 cm³/mol. The van der Waals surface area contributed by atoms with Crippen LogP contribution in [0.3, 0.4) is 0 Å². The first-order chi connectivity index (χ1) is 17.0. The largest absolute Gasteiger partial charge is 0.493 e. The Morgan fingerprint density at radius 1 is 0.829 bits per heavy atom. The summed E-state index contributed by atoms with van der Waals surface area (Å²) in [6, 6.07) is 19.2. The Kier molecular flexibility index (Phi) is 7.06. The van der Waals surface area contributed by atoms with Gasteiger partial charge in [-0.3, -0.25) is 4.79 Å². The van der Waals surface area contributed by atoms with Crippen LogP contribution in [-0.4, -0.2) is 43.4 Å². The van der Waals surface area contributed by atoms with Gasteiger partial charge in [0.05, 0.1) is 33.3 Å². The van der Waals surface area contributed by atoms with Gasteiger partial charge in [-0.15, -0.1) is 10.2 Å². The Balaban J connectivity index is 1.48. The molecule has 9 heteroatoms. The zero-order valence-corrected chi connectivity index (χ0v) is 19.4. The van der Waals surface area contributed by atoms with Crippen LogP contribution in [0.5, 0.6) is 11.5 Å². The molecule has 0 unspecified atom stereocenters. The molecule has 1 heterocycles. The van der Waals surface area contributed by atoms with Crippen LogP contribution in [-0.2, 0) is 16.0 Å². The molecule has 4 aromatic rings. The summed E-state index contributed by atoms with van der Waals surface area (Å²) in [7, 11) is 4.43. The zero-order chi connectivity index (χ0) is 24.8. The lowest BCUT2D eigenvalue weighted by molar-refractivity contribution is -0.115. The lowest BCUT2D eigenvalue weighted by Gasteiger charge is -2.10. The Morgan fingerprint density at radius 3 is 2.20 bits per heavy atom. The Labute approximate surface area is 201 Å². The molecule has 1 N–H and O–H groups in total. The maximum absolute atomic E-state index is 12.6. The highest BCUT2D eigenvalue weighted by Crippen LogP contribution is 2.29. The summed E-state index contributed by atoms with van der Waals surface area (Å²) in [6.45, 7) is 0. The number of hydrogen-bond acceptors (Lipinski definition) is 8. The van der Waals surface area contributed by atoms with Crippen LogP contribution in [0.15, 0.2) is 71.1 Å². The molecule has 0 atom stereocenters. The van der Waals surface area contributed by atoms with Crippen molar-refractivity contribution in [1.29, 1.82) is 0 Å². The molecule has 0 fully saturated rings. The predicted octanol–water partition coefficient (Wildman–Crippen LogP) is 4.39. The molecular formula is C26H23N3O6. The number of rotatable bonds is 8. The number of carbonyl (C=O) groups excluding carboxylic acids is 2. The molecule has 0 bridgehead atoms. The van der Waals surface area contributed by atoms with E-state index in [1.54, 1.807) is 74.9 Å². The van der Waals surface area contributed by atoms with Gasteiger partial charge in [0, 0.05) is 16.8 Å². The normalized spacial score (nSPS) is 10.5. The monoisotopic (exact) mass is 473 g/mol. The second kappa shape index (κ2) is 10.5. The molecule has 0 spiro atoms. The summed E-state index contributed by atoms with van der Waals surface area (Å²) in [5, 5.41) is 11.1. The highest BCUT2D eigenvalue weighted by Gasteiger charge is 2.14. The fraction of sp³-hybridized carbons (Fsp3) is 0.154. The number of nitrogens with one attached hydrogen (secondary N) is 1. The molecule has 3 aromatic carbocycles. The van der Waals surface area contributed by atoms with Gasteiger partial charge in [-0.1, -0.05) is 18.2 Å². The van der Waals surface area contributed by atoms with Gasteiger partial charge in [-0.2, -0.15) is 0 Å². The highest BCUT2D eigenvalue weighted by molar-refractivity contribution is 5.93. The van der Waals surface area contributed by atoms with Crippen LogP contribution < -0.4 is 14.8 Å². The third kappa shape index (κ3) is 5.47. The number of benzene rings is 3. The van der Waals surface area contributed by atoms with Crippen molar-refractivity contribution in [3.05, 3.63) is 77.9 Å². The summed E-state index contributed by atoms with van der Waals surface area (Å²) in [5.74, 6) is 1.04. The average molecular weight is 473 g/mol. The molecule has 0 aliphatic heterocycles. The van der Waals surface area contributed by atoms with Gasteiger partial charge in [0.1, 0.15) is 0 Å². The van der Waals surface area contributed by atoms with Crippen LogP contribution in [0.4, 0.5) is 5.69 Å². The van der Waals surface area contributed by atoms with E-state index < -0.39 is 5.97 Å². The molecule has 0 aliphatic carbocycles. The highest BCUT2D eigenvalue weighted by atomic mass is 16.5. The Bertz CT molecular complexity index is 1360. The van der Waals surface area contributed by atoms with E-state index in [0.717, 1.165) is 5.56 Å². The van der Waals surface area contributed by atoms with Gasteiger partial charge in [0.2, 0.25) is 17.7 Å². The second-order valence-corrected chi connectivity index (χ2v) is 7.48. The van der Waals surface area contributed by atoms with E-state index in [9.17, 15) is 9.59 Å². The van der Waals surface area contributed by atoms with Gasteiger partial charge >= 0.3 is 5.97 Å². The van der Waals surface area contributed by atoms with Crippen molar-refractivity contribution in [3.8, 4) is 34.4 Å². The van der Waals surface area contributed by atoms with Crippen LogP contribution in [0.25, 0.3) is 22.9 Å². The van der Waals surface area contributed by atoms with Crippen LogP contribution in [0, 0.1) is 0 Å². The molecule has 178 valence electrons. The molecule has 4 rings (SSSR count). The number of ether oxygens (including phenoxy) is 3. The SMILES string of the molecule is COC(=O)c1cccc(-c2nnc(-c3cccc(NC(=O)Cc4ccc(OC)c(OC)c4)c3)o2)c1. The lowest BCUT2D eigenvalue weighted by Crippen LogP contribution is -2.14. The zero-order valence-electron chi connectivity index (χ0n) is 19.4. The molecule has 1 aromatic heterocycles. The minimum absolute atomic E-state index is 0.159. The summed E-state index contributed by atoms with van der Waals surface area (Å²) in [4.78, 5) is 24.4. The number of nitrogens with zero attached hydrogens (tertiary/aromatic N) is 2. The summed E-state index contributed by atoms with van der Waals surface area (Å²) in [5.41, 5.74) is 2.97. The Hall–Kier alpha value is -4.66. The van der Waals surface area contributed by atoms with Crippen molar-refractivity contribution < 1.29 is 28.2 Å². The van der Waals surface area contributed by atoms with Gasteiger partial charge in [0.15, 0.2) is 11.5 Å². The number of methoxy groups -OCH3 is 3. The van der Waals surface area contributed by atoms with Crippen molar-refractivity contribution in [3.63, 3.8) is 0 Å². The Morgan fingerprint density at radius 2 is 1.51 bits per heavy atom. The standard InChI is InChI=1S/C26H23N3O6/c1-32-21-11-10-16(12-22(21)33-2)13-23(30)27-20-9-5-7-18(15-20)25-29-28-24(35-25)17-6-4-8-19(14-17)26(31)34-3/h4-12,14-15H,13H2,1-3H3,(H,27,30). The summed E-state index contributed by atoms with van der Waals surface area (Å²) < 4.78 is 21.1. The van der Waals surface area contributed by atoms with Crippen molar-refractivity contribution in [2.45, 2.75) is 6.42 Å². The molecule has 0 saturated heterocycles. The average Bonchev–Trinajstić information content (AvgIpc) is 3.39. The second-order valence-electron chi connectivity index (χ2n) is 7.48. The first kappa shape index (κ1) is 23.5. The number of esters is 1. The van der Waals surface area contributed by atoms with E-state index in [2.05, 4.69) is 15.5 Å². The topological polar surface area (TPSA) is 113 Å². The maximum atomic E-state index is 12.6. The third-order valence-electron chi connectivity index (χ3n) is 5.16. The van der Waals surface area contributed by atoms with Crippen LogP contribution >= 0.6 is 0 Å². The molecule has 0 radical (unpaired) electrons. The summed E-state index contributed by atoms with van der Waals surface area (Å²) in [6.07, 6.45) is 0.159. The fourth-order valence-electron chi connectivity index (χ4n) is 3.46. The molecule has 35 heavy (non-hydrogen) atoms. The van der Waals surface area contributed by atoms with Crippen molar-refractivity contribution in [1.82, 2.24) is 10.2 Å². The quantitative estimate of drug-likeness (QED) is 0.375. The fourth-order valence-corrected chi connectivity index (χ4v) is 3.46. The van der Waals surface area contributed by atoms with Gasteiger partial charge in [-0.25, -0.2) is 4.79 Å². The molecule has 0 saturated carbocycles. The lowest BCUT2D eigenvalue weighted by atomic mass is 10.1. The number of amides is 1. The van der Waals surface area contributed by atoms with Crippen molar-refractivity contribution >= 4 is 17.6 Å². The summed E-state index contributed by atoms with van der Waals surface area (Å²) >= 11 is 0. The van der Waals surface area contributed by atoms with E-state index in [1.165, 1.54) is 7.11 Å². The molecule has 9 nitrogen and oxygen atoms in total. The molecule has 1 amide bonds. The first-order valence-electron chi connectivity index (χ1n) is 10.6. The van der Waals surface area contributed by atoms with E-state index in [4.69, 9.17) is 18.6 Å². The molecule has 0 aliphatic rings. The first-order valence-corrected chi connectivity index (χ1v) is 10.6. The van der Waals surface area contributed by atoms with E-state index in [-0.39, 0.29) is 24.1 Å². The van der Waals surface area contributed by atoms with Crippen molar-refractivity contribution in [2.24, 2.45) is 0 Å². The van der Waals surface area contributed by atoms with Crippen molar-refractivity contribution in [2.75, 3.05) is 26.6 Å². The third-order valence-corrected chi connectivity index (χ3v) is 5.16. The molecular weight excluding hydrogens is 450 g/mol. The number of aromatic nitrogens is 2. The smallest absolute Gasteiger partial charge is 0.337 e. The van der Waals surface area contributed by atoms with Crippen LogP contribution in [0.1, 0.15) is 15.9 Å². The van der Waals surface area contributed by atoms with E-state index >= 15 is 0 Å². The minimum Gasteiger partial charge on any atom is -0.493 e. The van der Waals surface area contributed by atoms with E-state index in [0.29, 0.717) is 33.9 Å². The van der Waals surface area contributed by atoms with Crippen LogP contribution in [0.2, 0.25) is 0 Å².